The molecule has 11 nitrogen and oxygen atoms in total. The molecule has 36 heavy (non-hydrogen) atoms. The molecule has 0 aliphatic heterocycles. The largest absolute Gasteiger partial charge is 0.488 e. The van der Waals surface area contributed by atoms with Gasteiger partial charge >= 0.3 is 11.7 Å². The van der Waals surface area contributed by atoms with E-state index in [4.69, 9.17) is 9.47 Å². The molecule has 2 N–H and O–H groups in total. The summed E-state index contributed by atoms with van der Waals surface area (Å²) in [5.41, 5.74) is 1.98. The molecule has 3 rings (SSSR count). The molecule has 0 saturated heterocycles. The summed E-state index contributed by atoms with van der Waals surface area (Å²) < 4.78 is 10.0. The number of nitro groups is 1. The number of nitrogens with zero attached hydrogens (tertiary/aromatic N) is 2. The highest BCUT2D eigenvalue weighted by molar-refractivity contribution is 7.10. The van der Waals surface area contributed by atoms with E-state index in [0.29, 0.717) is 10.4 Å². The van der Waals surface area contributed by atoms with Crippen LogP contribution < -0.4 is 20.2 Å². The fourth-order valence-electron chi connectivity index (χ4n) is 2.97. The summed E-state index contributed by atoms with van der Waals surface area (Å²) in [5.74, 6) is -2.35. The summed E-state index contributed by atoms with van der Waals surface area (Å²) in [7, 11) is 1.19. The van der Waals surface area contributed by atoms with Crippen LogP contribution in [0.3, 0.4) is 0 Å². The molecule has 0 fully saturated rings. The minimum Gasteiger partial charge on any atom is -0.488 e. The highest BCUT2D eigenvalue weighted by atomic mass is 32.1. The van der Waals surface area contributed by atoms with E-state index in [9.17, 15) is 24.5 Å². The van der Waals surface area contributed by atoms with E-state index in [1.54, 1.807) is 42.5 Å². The number of nitro benzene ring substituents is 1. The molecule has 12 heteroatoms. The molecule has 0 aliphatic rings. The predicted octanol–water partition coefficient (Wildman–Crippen LogP) is 3.51. The molecule has 0 radical (unpaired) electrons. The Kier molecular flexibility index (Phi) is 8.62. The van der Waals surface area contributed by atoms with Crippen molar-refractivity contribution in [2.24, 2.45) is 5.10 Å². The van der Waals surface area contributed by atoms with E-state index in [-0.39, 0.29) is 22.8 Å². The van der Waals surface area contributed by atoms with Crippen LogP contribution in [0.4, 0.5) is 5.69 Å². The fourth-order valence-corrected chi connectivity index (χ4v) is 3.63. The molecule has 2 aromatic carbocycles. The van der Waals surface area contributed by atoms with Crippen molar-refractivity contribution in [3.63, 3.8) is 0 Å². The number of methoxy groups -OCH3 is 1. The molecule has 1 heterocycles. The number of esters is 1. The minimum atomic E-state index is -0.755. The van der Waals surface area contributed by atoms with Gasteiger partial charge in [0.15, 0.2) is 5.75 Å². The third-order valence-corrected chi connectivity index (χ3v) is 5.31. The zero-order valence-electron chi connectivity index (χ0n) is 19.1. The van der Waals surface area contributed by atoms with Crippen molar-refractivity contribution in [2.45, 2.75) is 6.92 Å². The van der Waals surface area contributed by atoms with Crippen molar-refractivity contribution in [2.75, 3.05) is 7.11 Å². The number of carbonyl (C=O) groups is 3. The molecule has 0 spiro atoms. The van der Waals surface area contributed by atoms with E-state index >= 15 is 0 Å². The number of amides is 2. The third kappa shape index (κ3) is 6.61. The molecule has 184 valence electrons. The normalized spacial score (nSPS) is 11.1. The van der Waals surface area contributed by atoms with Gasteiger partial charge in [0, 0.05) is 17.4 Å². The minimum absolute atomic E-state index is 0.0230. The highest BCUT2D eigenvalue weighted by Crippen LogP contribution is 2.39. The van der Waals surface area contributed by atoms with E-state index in [0.717, 1.165) is 13.1 Å². The lowest BCUT2D eigenvalue weighted by atomic mass is 10.1. The first-order valence-electron chi connectivity index (χ1n) is 10.3. The van der Waals surface area contributed by atoms with Crippen molar-refractivity contribution in [3.8, 4) is 11.5 Å². The number of hydrogen-bond acceptors (Lipinski definition) is 9. The number of rotatable bonds is 9. The Morgan fingerprint density at radius 1 is 1.08 bits per heavy atom. The second-order valence-electron chi connectivity index (χ2n) is 6.98. The van der Waals surface area contributed by atoms with Crippen LogP contribution in [-0.2, 0) is 9.59 Å². The zero-order chi connectivity index (χ0) is 26.1. The summed E-state index contributed by atoms with van der Waals surface area (Å²) in [6, 6.07) is 14.5. The van der Waals surface area contributed by atoms with Gasteiger partial charge in [-0.25, -0.2) is 5.43 Å². The summed E-state index contributed by atoms with van der Waals surface area (Å²) in [4.78, 5) is 48.3. The van der Waals surface area contributed by atoms with Gasteiger partial charge in [0.25, 0.3) is 11.8 Å². The monoisotopic (exact) mass is 508 g/mol. The van der Waals surface area contributed by atoms with Crippen LogP contribution in [0.1, 0.15) is 27.7 Å². The maximum Gasteiger partial charge on any atom is 0.323 e. The van der Waals surface area contributed by atoms with Crippen molar-refractivity contribution in [1.29, 1.82) is 0 Å². The zero-order valence-corrected chi connectivity index (χ0v) is 19.9. The van der Waals surface area contributed by atoms with Crippen molar-refractivity contribution in [1.82, 2.24) is 10.7 Å². The molecule has 0 unspecified atom stereocenters. The lowest BCUT2D eigenvalue weighted by Gasteiger charge is -2.10. The molecule has 3 aromatic rings. The standard InChI is InChI=1S/C24H20N4O7S/c1-15(29)35-20-11-10-17(21(28(32)33)22(20)34-2)14-25-27-24(31)19(13-18-9-6-12-36-18)26-23(30)16-7-4-3-5-8-16/h3-14H,1-2H3,(H,26,30)(H,27,31)/b19-13-,25-14+. The Bertz CT molecular complexity index is 1340. The van der Waals surface area contributed by atoms with Crippen LogP contribution in [0.25, 0.3) is 6.08 Å². The summed E-state index contributed by atoms with van der Waals surface area (Å²) in [5, 5.41) is 19.8. The third-order valence-electron chi connectivity index (χ3n) is 4.50. The Morgan fingerprint density at radius 3 is 2.44 bits per heavy atom. The first kappa shape index (κ1) is 25.8. The van der Waals surface area contributed by atoms with Gasteiger partial charge in [0.1, 0.15) is 5.70 Å². The predicted molar refractivity (Wildman–Crippen MR) is 133 cm³/mol. The van der Waals surface area contributed by atoms with Gasteiger partial charge in [-0.2, -0.15) is 5.10 Å². The molecular weight excluding hydrogens is 488 g/mol. The molecular formula is C24H20N4O7S. The van der Waals surface area contributed by atoms with Gasteiger partial charge in [-0.1, -0.05) is 24.3 Å². The second-order valence-corrected chi connectivity index (χ2v) is 7.96. The van der Waals surface area contributed by atoms with Gasteiger partial charge in [-0.3, -0.25) is 24.5 Å². The Labute approximate surface area is 209 Å². The second kappa shape index (κ2) is 12.0. The first-order chi connectivity index (χ1) is 17.3. The lowest BCUT2D eigenvalue weighted by Crippen LogP contribution is -2.32. The van der Waals surface area contributed by atoms with Gasteiger partial charge in [-0.15, -0.1) is 11.3 Å². The number of nitrogens with one attached hydrogen (secondary N) is 2. The number of carbonyl (C=O) groups excluding carboxylic acids is 3. The number of hydrazone groups is 1. The smallest absolute Gasteiger partial charge is 0.323 e. The average molecular weight is 509 g/mol. The van der Waals surface area contributed by atoms with Gasteiger partial charge in [-0.05, 0) is 41.8 Å². The van der Waals surface area contributed by atoms with Crippen LogP contribution in [0.15, 0.2) is 70.8 Å². The maximum absolute atomic E-state index is 12.8. The van der Waals surface area contributed by atoms with Crippen molar-refractivity contribution in [3.05, 3.63) is 91.8 Å². The average Bonchev–Trinajstić information content (AvgIpc) is 3.37. The molecule has 0 aliphatic carbocycles. The van der Waals surface area contributed by atoms with Crippen molar-refractivity contribution >= 4 is 47.1 Å². The van der Waals surface area contributed by atoms with E-state index < -0.39 is 28.4 Å². The molecule has 0 saturated carbocycles. The topological polar surface area (TPSA) is 149 Å². The molecule has 2 amide bonds. The van der Waals surface area contributed by atoms with E-state index in [1.807, 2.05) is 5.38 Å². The Morgan fingerprint density at radius 2 is 1.83 bits per heavy atom. The molecule has 1 aromatic heterocycles. The SMILES string of the molecule is COc1c(OC(C)=O)ccc(/C=N/NC(=O)/C(=C/c2cccs2)NC(=O)c2ccccc2)c1[N+](=O)[O-]. The number of benzene rings is 2. The lowest BCUT2D eigenvalue weighted by molar-refractivity contribution is -0.385. The molecule has 0 atom stereocenters. The van der Waals surface area contributed by atoms with Crippen LogP contribution in [0, 0.1) is 10.1 Å². The number of thiophene rings is 1. The number of hydrogen-bond donors (Lipinski definition) is 2. The van der Waals surface area contributed by atoms with Crippen LogP contribution in [0.5, 0.6) is 11.5 Å². The van der Waals surface area contributed by atoms with E-state index in [2.05, 4.69) is 15.8 Å². The molecule has 0 bridgehead atoms. The van der Waals surface area contributed by atoms with Gasteiger partial charge in [0.05, 0.1) is 23.8 Å². The Balaban J connectivity index is 1.85. The van der Waals surface area contributed by atoms with Crippen LogP contribution in [-0.4, -0.2) is 36.0 Å². The van der Waals surface area contributed by atoms with Gasteiger partial charge < -0.3 is 14.8 Å². The van der Waals surface area contributed by atoms with Crippen LogP contribution >= 0.6 is 11.3 Å². The summed E-state index contributed by atoms with van der Waals surface area (Å²) in [6.45, 7) is 1.15. The summed E-state index contributed by atoms with van der Waals surface area (Å²) >= 11 is 1.36. The van der Waals surface area contributed by atoms with E-state index in [1.165, 1.54) is 36.7 Å². The Hall–Kier alpha value is -4.84. The fraction of sp³-hybridized carbons (Fsp3) is 0.0833. The summed E-state index contributed by atoms with van der Waals surface area (Å²) in [6.07, 6.45) is 2.52. The first-order valence-corrected chi connectivity index (χ1v) is 11.2. The van der Waals surface area contributed by atoms with Crippen LogP contribution in [0.2, 0.25) is 0 Å². The highest BCUT2D eigenvalue weighted by Gasteiger charge is 2.25. The van der Waals surface area contributed by atoms with Gasteiger partial charge in [0.2, 0.25) is 5.75 Å². The maximum atomic E-state index is 12.8. The number of ether oxygens (including phenoxy) is 2. The van der Waals surface area contributed by atoms with Crippen molar-refractivity contribution < 1.29 is 28.8 Å². The quantitative estimate of drug-likeness (QED) is 0.112.